The highest BCUT2D eigenvalue weighted by Crippen LogP contribution is 2.16. The molecule has 0 aromatic carbocycles. The molecule has 7 heteroatoms. The molecule has 1 fully saturated rings. The van der Waals surface area contributed by atoms with E-state index in [1.54, 1.807) is 20.8 Å². The Hall–Kier alpha value is -0.660. The molecule has 100 valence electrons. The number of ether oxygens (including phenoxy) is 1. The molecule has 0 aromatic heterocycles. The number of carbonyl (C=O) groups is 1. The van der Waals surface area contributed by atoms with Gasteiger partial charge in [-0.25, -0.2) is 0 Å². The van der Waals surface area contributed by atoms with E-state index >= 15 is 0 Å². The molecule has 1 N–H and O–H groups in total. The van der Waals surface area contributed by atoms with Gasteiger partial charge in [-0.2, -0.15) is 8.42 Å². The number of carbonyl (C=O) groups excluding carboxylic acids is 1. The minimum Gasteiger partial charge on any atom is -0.459 e. The fourth-order valence-corrected chi connectivity index (χ4v) is 2.22. The molecule has 0 saturated carbocycles. The van der Waals surface area contributed by atoms with E-state index in [0.717, 1.165) is 6.26 Å². The molecule has 0 radical (unpaired) electrons. The first kappa shape index (κ1) is 14.4. The summed E-state index contributed by atoms with van der Waals surface area (Å²) in [6.45, 7) is 5.68. The van der Waals surface area contributed by atoms with E-state index in [1.165, 1.54) is 0 Å². The van der Waals surface area contributed by atoms with E-state index in [9.17, 15) is 13.2 Å². The van der Waals surface area contributed by atoms with Crippen molar-refractivity contribution in [2.75, 3.05) is 12.8 Å². The summed E-state index contributed by atoms with van der Waals surface area (Å²) in [5, 5.41) is 2.89. The van der Waals surface area contributed by atoms with Gasteiger partial charge in [0, 0.05) is 13.0 Å². The third-order valence-electron chi connectivity index (χ3n) is 2.09. The van der Waals surface area contributed by atoms with Gasteiger partial charge in [0.15, 0.2) is 0 Å². The van der Waals surface area contributed by atoms with Crippen LogP contribution in [0.15, 0.2) is 0 Å². The van der Waals surface area contributed by atoms with Crippen LogP contribution < -0.4 is 5.32 Å². The van der Waals surface area contributed by atoms with Crippen molar-refractivity contribution < 1.29 is 22.1 Å². The Bertz CT molecular complexity index is 384. The zero-order valence-electron chi connectivity index (χ0n) is 10.5. The van der Waals surface area contributed by atoms with Crippen LogP contribution in [0, 0.1) is 0 Å². The van der Waals surface area contributed by atoms with Gasteiger partial charge >= 0.3 is 5.97 Å². The van der Waals surface area contributed by atoms with Crippen LogP contribution in [0.4, 0.5) is 0 Å². The van der Waals surface area contributed by atoms with E-state index in [-0.39, 0.29) is 5.97 Å². The van der Waals surface area contributed by atoms with E-state index < -0.39 is 27.9 Å². The van der Waals surface area contributed by atoms with Crippen LogP contribution in [-0.2, 0) is 23.8 Å². The van der Waals surface area contributed by atoms with Gasteiger partial charge < -0.3 is 10.1 Å². The molecular formula is C10H19NO5S. The molecule has 0 aliphatic carbocycles. The van der Waals surface area contributed by atoms with Gasteiger partial charge in [-0.15, -0.1) is 0 Å². The predicted molar refractivity (Wildman–Crippen MR) is 62.0 cm³/mol. The molecule has 1 rings (SSSR count). The Morgan fingerprint density at radius 2 is 1.94 bits per heavy atom. The summed E-state index contributed by atoms with van der Waals surface area (Å²) in [4.78, 5) is 11.7. The average Bonchev–Trinajstić information content (AvgIpc) is 2.45. The van der Waals surface area contributed by atoms with Crippen LogP contribution in [-0.4, -0.2) is 44.9 Å². The SMILES string of the molecule is CC(C)(C)OC(=O)C1CC(OS(C)(=O)=O)CN1. The number of esters is 1. The zero-order chi connectivity index (χ0) is 13.3. The maximum Gasteiger partial charge on any atom is 0.323 e. The van der Waals surface area contributed by atoms with Crippen molar-refractivity contribution in [3.63, 3.8) is 0 Å². The molecular weight excluding hydrogens is 246 g/mol. The molecule has 2 atom stereocenters. The van der Waals surface area contributed by atoms with Gasteiger partial charge in [-0.3, -0.25) is 8.98 Å². The van der Waals surface area contributed by atoms with Crippen LogP contribution in [0.2, 0.25) is 0 Å². The minimum atomic E-state index is -3.48. The zero-order valence-corrected chi connectivity index (χ0v) is 11.3. The van der Waals surface area contributed by atoms with Gasteiger partial charge in [-0.1, -0.05) is 0 Å². The van der Waals surface area contributed by atoms with Crippen molar-refractivity contribution in [1.82, 2.24) is 5.32 Å². The van der Waals surface area contributed by atoms with Crippen molar-refractivity contribution in [2.24, 2.45) is 0 Å². The first-order chi connectivity index (χ1) is 7.57. The summed E-state index contributed by atoms with van der Waals surface area (Å²) in [7, 11) is -3.48. The smallest absolute Gasteiger partial charge is 0.323 e. The lowest BCUT2D eigenvalue weighted by molar-refractivity contribution is -0.157. The summed E-state index contributed by atoms with van der Waals surface area (Å²) in [5.74, 6) is -0.378. The van der Waals surface area contributed by atoms with Gasteiger partial charge in [0.1, 0.15) is 11.6 Å². The van der Waals surface area contributed by atoms with E-state index in [0.29, 0.717) is 13.0 Å². The van der Waals surface area contributed by atoms with E-state index in [1.807, 2.05) is 0 Å². The maximum absolute atomic E-state index is 11.7. The van der Waals surface area contributed by atoms with Crippen molar-refractivity contribution >= 4 is 16.1 Å². The van der Waals surface area contributed by atoms with Gasteiger partial charge in [0.05, 0.1) is 12.4 Å². The van der Waals surface area contributed by atoms with Crippen LogP contribution in [0.3, 0.4) is 0 Å². The van der Waals surface area contributed by atoms with Crippen molar-refractivity contribution in [1.29, 1.82) is 0 Å². The third-order valence-corrected chi connectivity index (χ3v) is 2.71. The Balaban J connectivity index is 2.48. The maximum atomic E-state index is 11.7. The molecule has 17 heavy (non-hydrogen) atoms. The molecule has 1 aliphatic rings. The Morgan fingerprint density at radius 1 is 1.35 bits per heavy atom. The standard InChI is InChI=1S/C10H19NO5S/c1-10(2,3)15-9(12)8-5-7(6-11-8)16-17(4,13)14/h7-8,11H,5-6H2,1-4H3. The lowest BCUT2D eigenvalue weighted by atomic mass is 10.1. The topological polar surface area (TPSA) is 81.7 Å². The van der Waals surface area contributed by atoms with Crippen LogP contribution in [0.1, 0.15) is 27.2 Å². The Kier molecular flexibility index (Phi) is 4.16. The highest BCUT2D eigenvalue weighted by atomic mass is 32.2. The van der Waals surface area contributed by atoms with Crippen LogP contribution >= 0.6 is 0 Å². The Labute approximate surface area is 102 Å². The normalized spacial score (nSPS) is 25.9. The van der Waals surface area contributed by atoms with E-state index in [2.05, 4.69) is 5.32 Å². The summed E-state index contributed by atoms with van der Waals surface area (Å²) in [6.07, 6.45) is 0.804. The number of nitrogens with one attached hydrogen (secondary N) is 1. The molecule has 0 aromatic rings. The highest BCUT2D eigenvalue weighted by Gasteiger charge is 2.34. The summed E-state index contributed by atoms with van der Waals surface area (Å²) in [5.41, 5.74) is -0.547. The molecule has 6 nitrogen and oxygen atoms in total. The molecule has 1 saturated heterocycles. The summed E-state index contributed by atoms with van der Waals surface area (Å²) in [6, 6.07) is -0.499. The van der Waals surface area contributed by atoms with E-state index in [4.69, 9.17) is 8.92 Å². The lowest BCUT2D eigenvalue weighted by Crippen LogP contribution is -2.37. The van der Waals surface area contributed by atoms with Crippen molar-refractivity contribution in [3.8, 4) is 0 Å². The second-order valence-corrected chi connectivity index (χ2v) is 6.75. The molecule has 2 unspecified atom stereocenters. The third kappa shape index (κ3) is 5.47. The Morgan fingerprint density at radius 3 is 2.41 bits per heavy atom. The summed E-state index contributed by atoms with van der Waals surface area (Å²) < 4.78 is 31.9. The number of rotatable bonds is 3. The summed E-state index contributed by atoms with van der Waals surface area (Å²) >= 11 is 0. The van der Waals surface area contributed by atoms with Crippen molar-refractivity contribution in [2.45, 2.75) is 44.9 Å². The van der Waals surface area contributed by atoms with Gasteiger partial charge in [0.2, 0.25) is 0 Å². The first-order valence-electron chi connectivity index (χ1n) is 5.41. The van der Waals surface area contributed by atoms with Gasteiger partial charge in [0.25, 0.3) is 10.1 Å². The first-order valence-corrected chi connectivity index (χ1v) is 7.23. The minimum absolute atomic E-state index is 0.308. The lowest BCUT2D eigenvalue weighted by Gasteiger charge is -2.21. The molecule has 0 bridgehead atoms. The molecule has 0 spiro atoms. The largest absolute Gasteiger partial charge is 0.459 e. The fourth-order valence-electron chi connectivity index (χ4n) is 1.58. The predicted octanol–water partition coefficient (Wildman–Crippen LogP) is 0.0348. The second-order valence-electron chi connectivity index (χ2n) is 5.15. The second kappa shape index (κ2) is 4.91. The highest BCUT2D eigenvalue weighted by molar-refractivity contribution is 7.86. The quantitative estimate of drug-likeness (QED) is 0.573. The molecule has 1 heterocycles. The average molecular weight is 265 g/mol. The monoisotopic (exact) mass is 265 g/mol. The number of hydrogen-bond acceptors (Lipinski definition) is 6. The number of hydrogen-bond donors (Lipinski definition) is 1. The molecule has 0 amide bonds. The van der Waals surface area contributed by atoms with Crippen LogP contribution in [0.5, 0.6) is 0 Å². The van der Waals surface area contributed by atoms with Gasteiger partial charge in [-0.05, 0) is 20.8 Å². The molecule has 1 aliphatic heterocycles. The van der Waals surface area contributed by atoms with Crippen LogP contribution in [0.25, 0.3) is 0 Å². The van der Waals surface area contributed by atoms with Crippen molar-refractivity contribution in [3.05, 3.63) is 0 Å². The fraction of sp³-hybridized carbons (Fsp3) is 0.900.